The lowest BCUT2D eigenvalue weighted by atomic mass is 9.95. The van der Waals surface area contributed by atoms with Crippen LogP contribution in [-0.4, -0.2) is 117 Å². The number of phenols is 1. The number of methoxy groups -OCH3 is 1. The van der Waals surface area contributed by atoms with Crippen LogP contribution in [0.25, 0.3) is 0 Å². The minimum Gasteiger partial charge on any atom is -0.507 e. The largest absolute Gasteiger partial charge is 0.507 e. The van der Waals surface area contributed by atoms with Crippen LogP contribution in [0.4, 0.5) is 0 Å². The molecule has 0 saturated carbocycles. The van der Waals surface area contributed by atoms with E-state index in [1.165, 1.54) is 20.1 Å². The minimum atomic E-state index is -1.75. The summed E-state index contributed by atoms with van der Waals surface area (Å²) in [7, 11) is 1.53. The van der Waals surface area contributed by atoms with E-state index < -0.39 is 79.9 Å². The van der Waals surface area contributed by atoms with E-state index in [9.17, 15) is 40.5 Å². The molecule has 42 heavy (non-hydrogen) atoms. The lowest BCUT2D eigenvalue weighted by molar-refractivity contribution is -0.318. The zero-order valence-corrected chi connectivity index (χ0v) is 22.7. The molecule has 0 aromatic heterocycles. The molecule has 230 valence electrons. The van der Waals surface area contributed by atoms with E-state index in [0.29, 0.717) is 11.3 Å². The van der Waals surface area contributed by atoms with Crippen molar-refractivity contribution in [3.63, 3.8) is 0 Å². The molecule has 14 nitrogen and oxygen atoms in total. The van der Waals surface area contributed by atoms with Crippen molar-refractivity contribution in [2.75, 3.05) is 13.7 Å². The summed E-state index contributed by atoms with van der Waals surface area (Å²) in [5.41, 5.74) is 0.668. The highest BCUT2D eigenvalue weighted by molar-refractivity contribution is 6.02. The van der Waals surface area contributed by atoms with Gasteiger partial charge in [0.1, 0.15) is 77.4 Å². The van der Waals surface area contributed by atoms with Crippen molar-refractivity contribution < 1.29 is 69.0 Å². The number of aliphatic hydroxyl groups excluding tert-OH is 6. The van der Waals surface area contributed by atoms with Crippen LogP contribution in [0.1, 0.15) is 35.4 Å². The van der Waals surface area contributed by atoms with E-state index in [1.54, 1.807) is 24.3 Å². The van der Waals surface area contributed by atoms with Gasteiger partial charge in [0.2, 0.25) is 6.29 Å². The fraction of sp³-hybridized carbons (Fsp3) is 0.536. The Kier molecular flexibility index (Phi) is 8.89. The molecule has 2 aromatic carbocycles. The van der Waals surface area contributed by atoms with Gasteiger partial charge in [0, 0.05) is 12.1 Å². The van der Waals surface area contributed by atoms with Crippen LogP contribution < -0.4 is 14.2 Å². The summed E-state index contributed by atoms with van der Waals surface area (Å²) in [6.45, 7) is 0.995. The highest BCUT2D eigenvalue weighted by Gasteiger charge is 2.47. The fourth-order valence-electron chi connectivity index (χ4n) is 5.11. The normalized spacial score (nSPS) is 36.6. The van der Waals surface area contributed by atoms with Crippen molar-refractivity contribution in [1.82, 2.24) is 0 Å². The molecule has 7 N–H and O–H groups in total. The van der Waals surface area contributed by atoms with Gasteiger partial charge in [0.25, 0.3) is 0 Å². The molecule has 0 aliphatic carbocycles. The zero-order chi connectivity index (χ0) is 30.3. The van der Waals surface area contributed by atoms with Gasteiger partial charge in [-0.05, 0) is 24.6 Å². The van der Waals surface area contributed by atoms with E-state index >= 15 is 0 Å². The van der Waals surface area contributed by atoms with Gasteiger partial charge in [0.05, 0.1) is 26.2 Å². The predicted octanol–water partition coefficient (Wildman–Crippen LogP) is -0.862. The van der Waals surface area contributed by atoms with Gasteiger partial charge in [0.15, 0.2) is 12.1 Å². The van der Waals surface area contributed by atoms with Crippen molar-refractivity contribution in [3.8, 4) is 23.0 Å². The zero-order valence-electron chi connectivity index (χ0n) is 22.7. The Labute approximate surface area is 240 Å². The maximum absolute atomic E-state index is 12.9. The fourth-order valence-corrected chi connectivity index (χ4v) is 5.11. The highest BCUT2D eigenvalue weighted by Crippen LogP contribution is 2.42. The number of phenolic OH excluding ortho intramolecular Hbond substituents is 1. The average molecular weight is 595 g/mol. The molecule has 0 bridgehead atoms. The van der Waals surface area contributed by atoms with Crippen LogP contribution in [-0.2, 0) is 14.2 Å². The van der Waals surface area contributed by atoms with Gasteiger partial charge < -0.3 is 64.2 Å². The van der Waals surface area contributed by atoms with Crippen molar-refractivity contribution in [2.45, 2.75) is 80.9 Å². The Bertz CT molecular complexity index is 1250. The van der Waals surface area contributed by atoms with Gasteiger partial charge in [-0.1, -0.05) is 12.1 Å². The summed E-state index contributed by atoms with van der Waals surface area (Å²) in [6, 6.07) is 9.43. The Balaban J connectivity index is 1.29. The smallest absolute Gasteiger partial charge is 0.229 e. The second kappa shape index (κ2) is 12.3. The number of ether oxygens (including phenoxy) is 6. The number of carbonyl (C=O) groups is 1. The van der Waals surface area contributed by atoms with E-state index in [2.05, 4.69) is 0 Å². The second-order valence-electron chi connectivity index (χ2n) is 10.5. The number of aliphatic hydroxyl groups is 6. The third-order valence-electron chi connectivity index (χ3n) is 7.62. The number of benzene rings is 2. The molecular weight excluding hydrogens is 560 g/mol. The van der Waals surface area contributed by atoms with E-state index in [1.807, 2.05) is 0 Å². The lowest BCUT2D eigenvalue weighted by Gasteiger charge is -2.42. The maximum Gasteiger partial charge on any atom is 0.229 e. The summed E-state index contributed by atoms with van der Waals surface area (Å²) in [4.78, 5) is 12.9. The van der Waals surface area contributed by atoms with Crippen molar-refractivity contribution >= 4 is 5.78 Å². The molecule has 3 aliphatic rings. The average Bonchev–Trinajstić information content (AvgIpc) is 2.97. The molecule has 5 rings (SSSR count). The molecule has 0 unspecified atom stereocenters. The standard InChI is InChI=1S/C28H34O14/c1-11-21(31)23(33)25(35)27(39-11)38-10-19-22(32)24(34)26(36)28(42-19)40-14-7-15(29)20-16(30)9-17(41-18(20)8-14)12-3-5-13(37-2)6-4-12/h3-8,11,17,19,21-29,31-36H,9-10H2,1-2H3/t11-,17+,19+,21+,22-,23-,24+,25-,26-,27-,28-/m1/s1. The number of Topliss-reactive ketones (excluding diaryl/α,β-unsaturated/α-hetero) is 1. The molecule has 2 saturated heterocycles. The maximum atomic E-state index is 12.9. The molecule has 3 heterocycles. The molecule has 0 amide bonds. The molecule has 2 fully saturated rings. The number of aromatic hydroxyl groups is 1. The molecule has 14 heteroatoms. The van der Waals surface area contributed by atoms with Gasteiger partial charge in [-0.3, -0.25) is 4.79 Å². The molecular formula is C28H34O14. The topological polar surface area (TPSA) is 214 Å². The summed E-state index contributed by atoms with van der Waals surface area (Å²) >= 11 is 0. The lowest BCUT2D eigenvalue weighted by Crippen LogP contribution is -2.61. The van der Waals surface area contributed by atoms with Crippen LogP contribution in [0, 0.1) is 0 Å². The molecule has 2 aromatic rings. The first kappa shape index (κ1) is 30.4. The quantitative estimate of drug-likeness (QED) is 0.208. The predicted molar refractivity (Wildman–Crippen MR) is 139 cm³/mol. The van der Waals surface area contributed by atoms with Crippen LogP contribution in [0.3, 0.4) is 0 Å². The van der Waals surface area contributed by atoms with Crippen molar-refractivity contribution in [2.24, 2.45) is 0 Å². The summed E-state index contributed by atoms with van der Waals surface area (Å²) in [5, 5.41) is 72.1. The molecule has 0 radical (unpaired) electrons. The third kappa shape index (κ3) is 5.90. The van der Waals surface area contributed by atoms with E-state index in [-0.39, 0.29) is 29.3 Å². The van der Waals surface area contributed by atoms with Crippen LogP contribution in [0.5, 0.6) is 23.0 Å². The highest BCUT2D eigenvalue weighted by atomic mass is 16.7. The van der Waals surface area contributed by atoms with Gasteiger partial charge in [-0.2, -0.15) is 0 Å². The number of hydrogen-bond acceptors (Lipinski definition) is 14. The van der Waals surface area contributed by atoms with Crippen LogP contribution in [0.2, 0.25) is 0 Å². The number of rotatable bonds is 7. The molecule has 3 aliphatic heterocycles. The Morgan fingerprint density at radius 2 is 1.50 bits per heavy atom. The first-order valence-corrected chi connectivity index (χ1v) is 13.4. The minimum absolute atomic E-state index is 0.0164. The summed E-state index contributed by atoms with van der Waals surface area (Å²) in [6.07, 6.45) is -15.4. The van der Waals surface area contributed by atoms with E-state index in [4.69, 9.17) is 28.4 Å². The first-order chi connectivity index (χ1) is 20.0. The van der Waals surface area contributed by atoms with Crippen LogP contribution in [0.15, 0.2) is 36.4 Å². The SMILES string of the molecule is COc1ccc([C@@H]2CC(=O)c3c(O)cc(O[C@@H]4O[C@@H](CO[C@@H]5O[C@H](C)[C@H](O)[C@@H](O)[C@H]5O)[C@@H](O)[C@H](O)[C@H]4O)cc3O2)cc1. The summed E-state index contributed by atoms with van der Waals surface area (Å²) < 4.78 is 33.4. The molecule has 11 atom stereocenters. The number of ketones is 1. The summed E-state index contributed by atoms with van der Waals surface area (Å²) in [5.74, 6) is -0.190. The third-order valence-corrected chi connectivity index (χ3v) is 7.62. The molecule has 0 spiro atoms. The number of hydrogen-bond donors (Lipinski definition) is 7. The Morgan fingerprint density at radius 1 is 0.833 bits per heavy atom. The van der Waals surface area contributed by atoms with Gasteiger partial charge in [-0.15, -0.1) is 0 Å². The van der Waals surface area contributed by atoms with Crippen molar-refractivity contribution in [3.05, 3.63) is 47.5 Å². The van der Waals surface area contributed by atoms with Gasteiger partial charge in [-0.25, -0.2) is 0 Å². The van der Waals surface area contributed by atoms with E-state index in [0.717, 1.165) is 6.07 Å². The first-order valence-electron chi connectivity index (χ1n) is 13.4. The Hall–Kier alpha value is -3.05. The Morgan fingerprint density at radius 3 is 2.19 bits per heavy atom. The van der Waals surface area contributed by atoms with Crippen LogP contribution >= 0.6 is 0 Å². The monoisotopic (exact) mass is 594 g/mol. The number of carbonyl (C=O) groups excluding carboxylic acids is 1. The number of fused-ring (bicyclic) bond motifs is 1. The second-order valence-corrected chi connectivity index (χ2v) is 10.5. The van der Waals surface area contributed by atoms with Gasteiger partial charge >= 0.3 is 0 Å². The van der Waals surface area contributed by atoms with Crippen molar-refractivity contribution in [1.29, 1.82) is 0 Å².